The lowest BCUT2D eigenvalue weighted by Crippen LogP contribution is -2.27. The maximum absolute atomic E-state index is 13.1. The minimum Gasteiger partial charge on any atom is -0.465 e. The third-order valence-corrected chi connectivity index (χ3v) is 4.61. The summed E-state index contributed by atoms with van der Waals surface area (Å²) in [6.45, 7) is 0.235. The molecule has 9 heteroatoms. The molecule has 0 aliphatic rings. The van der Waals surface area contributed by atoms with Crippen LogP contribution in [0.5, 0.6) is 0 Å². The number of amides is 1. The molecule has 4 rings (SSSR count). The number of hydrogen-bond acceptors (Lipinski definition) is 7. The van der Waals surface area contributed by atoms with Crippen LogP contribution in [0.15, 0.2) is 77.4 Å². The van der Waals surface area contributed by atoms with E-state index in [0.717, 1.165) is 11.1 Å². The molecule has 0 unspecified atom stereocenters. The van der Waals surface area contributed by atoms with Crippen LogP contribution in [0.3, 0.4) is 0 Å². The maximum Gasteiger partial charge on any atom is 0.337 e. The zero-order chi connectivity index (χ0) is 22.3. The summed E-state index contributed by atoms with van der Waals surface area (Å²) < 4.78 is 11.5. The zero-order valence-electron chi connectivity index (χ0n) is 17.1. The molecule has 0 spiro atoms. The Morgan fingerprint density at radius 2 is 1.84 bits per heavy atom. The second-order valence-corrected chi connectivity index (χ2v) is 6.70. The number of methoxy groups -OCH3 is 1. The lowest BCUT2D eigenvalue weighted by atomic mass is 10.1. The Labute approximate surface area is 183 Å². The lowest BCUT2D eigenvalue weighted by molar-refractivity contribution is -0.116. The molecule has 2 aromatic carbocycles. The summed E-state index contributed by atoms with van der Waals surface area (Å²) in [4.78, 5) is 24.7. The van der Waals surface area contributed by atoms with E-state index in [0.29, 0.717) is 17.1 Å². The summed E-state index contributed by atoms with van der Waals surface area (Å²) in [6.07, 6.45) is 3.08. The molecule has 0 bridgehead atoms. The fourth-order valence-electron chi connectivity index (χ4n) is 3.00. The van der Waals surface area contributed by atoms with Gasteiger partial charge in [0.05, 0.1) is 18.9 Å². The van der Waals surface area contributed by atoms with Gasteiger partial charge < -0.3 is 14.5 Å². The number of carbonyl (C=O) groups excluding carboxylic acids is 2. The van der Waals surface area contributed by atoms with Gasteiger partial charge in [0.2, 0.25) is 0 Å². The van der Waals surface area contributed by atoms with E-state index in [1.807, 2.05) is 30.3 Å². The lowest BCUT2D eigenvalue weighted by Gasteiger charge is -2.11. The molecule has 2 heterocycles. The van der Waals surface area contributed by atoms with Crippen LogP contribution in [0, 0.1) is 0 Å². The number of tetrazole rings is 1. The number of furan rings is 1. The van der Waals surface area contributed by atoms with E-state index in [1.165, 1.54) is 18.1 Å². The van der Waals surface area contributed by atoms with Gasteiger partial charge in [0, 0.05) is 18.2 Å². The number of hydrogen-bond donors (Lipinski definition) is 1. The van der Waals surface area contributed by atoms with Crippen molar-refractivity contribution in [2.75, 3.05) is 7.11 Å². The van der Waals surface area contributed by atoms with Gasteiger partial charge in [0.1, 0.15) is 11.5 Å². The van der Waals surface area contributed by atoms with Crippen molar-refractivity contribution >= 4 is 23.6 Å². The second kappa shape index (κ2) is 9.52. The second-order valence-electron chi connectivity index (χ2n) is 6.70. The van der Waals surface area contributed by atoms with Gasteiger partial charge in [-0.05, 0) is 40.3 Å². The first-order valence-electron chi connectivity index (χ1n) is 9.70. The van der Waals surface area contributed by atoms with Crippen LogP contribution < -0.4 is 5.32 Å². The number of benzene rings is 2. The molecule has 4 aromatic rings. The first-order valence-corrected chi connectivity index (χ1v) is 9.70. The summed E-state index contributed by atoms with van der Waals surface area (Å²) in [5.74, 6) is 0.0763. The molecule has 1 N–H and O–H groups in total. The average Bonchev–Trinajstić information content (AvgIpc) is 3.53. The van der Waals surface area contributed by atoms with Crippen LogP contribution in [-0.4, -0.2) is 39.2 Å². The van der Waals surface area contributed by atoms with Crippen molar-refractivity contribution in [3.05, 3.63) is 89.9 Å². The quantitative estimate of drug-likeness (QED) is 0.355. The molecule has 0 aliphatic heterocycles. The molecule has 2 aromatic heterocycles. The Morgan fingerprint density at radius 3 is 2.53 bits per heavy atom. The highest BCUT2D eigenvalue weighted by molar-refractivity contribution is 6.18. The predicted molar refractivity (Wildman–Crippen MR) is 116 cm³/mol. The summed E-state index contributed by atoms with van der Waals surface area (Å²) in [6, 6.07) is 19.5. The molecule has 1 amide bonds. The van der Waals surface area contributed by atoms with Gasteiger partial charge in [0.25, 0.3) is 5.91 Å². The molecule has 0 saturated carbocycles. The van der Waals surface area contributed by atoms with E-state index in [1.54, 1.807) is 42.5 Å². The van der Waals surface area contributed by atoms with Crippen LogP contribution in [0.2, 0.25) is 0 Å². The van der Waals surface area contributed by atoms with E-state index < -0.39 is 11.9 Å². The fraction of sp³-hybridized carbons (Fsp3) is 0.0870. The standard InChI is InChI=1S/C23H19N5O4/c1-31-23(30)18-11-9-16(10-12-18)15-24-22(29)20(14-19-8-5-13-32-19)28-21(25-26-27-28)17-6-3-2-4-7-17/h2-14H,15H2,1H3,(H,24,29)/b20-14-. The topological polar surface area (TPSA) is 112 Å². The summed E-state index contributed by atoms with van der Waals surface area (Å²) >= 11 is 0. The molecule has 32 heavy (non-hydrogen) atoms. The number of nitrogens with one attached hydrogen (secondary N) is 1. The van der Waals surface area contributed by atoms with Crippen molar-refractivity contribution in [1.29, 1.82) is 0 Å². The van der Waals surface area contributed by atoms with Crippen LogP contribution in [0.25, 0.3) is 23.2 Å². The van der Waals surface area contributed by atoms with Gasteiger partial charge in [-0.1, -0.05) is 42.5 Å². The molecule has 0 radical (unpaired) electrons. The molecule has 0 fully saturated rings. The van der Waals surface area contributed by atoms with Gasteiger partial charge in [-0.3, -0.25) is 4.79 Å². The highest BCUT2D eigenvalue weighted by atomic mass is 16.5. The number of carbonyl (C=O) groups is 2. The van der Waals surface area contributed by atoms with Crippen molar-refractivity contribution in [3.8, 4) is 11.4 Å². The molecule has 9 nitrogen and oxygen atoms in total. The van der Waals surface area contributed by atoms with Gasteiger partial charge in [-0.2, -0.15) is 4.68 Å². The monoisotopic (exact) mass is 429 g/mol. The smallest absolute Gasteiger partial charge is 0.337 e. The Bertz CT molecular complexity index is 1230. The Hall–Kier alpha value is -4.53. The Morgan fingerprint density at radius 1 is 1.06 bits per heavy atom. The SMILES string of the molecule is COC(=O)c1ccc(CNC(=O)/C(=C/c2ccco2)n2nnnc2-c2ccccc2)cc1. The first kappa shape index (κ1) is 20.7. The maximum atomic E-state index is 13.1. The fourth-order valence-corrected chi connectivity index (χ4v) is 3.00. The number of aromatic nitrogens is 4. The molecule has 160 valence electrons. The summed E-state index contributed by atoms with van der Waals surface area (Å²) in [7, 11) is 1.33. The van der Waals surface area contributed by atoms with Gasteiger partial charge >= 0.3 is 5.97 Å². The highest BCUT2D eigenvalue weighted by Gasteiger charge is 2.19. The Kier molecular flexibility index (Phi) is 6.17. The zero-order valence-corrected chi connectivity index (χ0v) is 17.1. The van der Waals surface area contributed by atoms with Gasteiger partial charge in [0.15, 0.2) is 5.82 Å². The van der Waals surface area contributed by atoms with E-state index in [2.05, 4.69) is 20.8 Å². The predicted octanol–water partition coefficient (Wildman–Crippen LogP) is 3.03. The Balaban J connectivity index is 1.59. The van der Waals surface area contributed by atoms with Gasteiger partial charge in [-0.25, -0.2) is 4.79 Å². The minimum atomic E-state index is -0.420. The molecule has 0 atom stereocenters. The highest BCUT2D eigenvalue weighted by Crippen LogP contribution is 2.20. The van der Waals surface area contributed by atoms with Crippen molar-refractivity contribution in [1.82, 2.24) is 25.5 Å². The van der Waals surface area contributed by atoms with E-state index >= 15 is 0 Å². The molecule has 0 aliphatic carbocycles. The van der Waals surface area contributed by atoms with E-state index in [9.17, 15) is 9.59 Å². The van der Waals surface area contributed by atoms with Crippen molar-refractivity contribution in [2.45, 2.75) is 6.54 Å². The third-order valence-electron chi connectivity index (χ3n) is 4.61. The largest absolute Gasteiger partial charge is 0.465 e. The van der Waals surface area contributed by atoms with Crippen LogP contribution in [0.1, 0.15) is 21.7 Å². The molecular formula is C23H19N5O4. The number of rotatable bonds is 7. The van der Waals surface area contributed by atoms with E-state index in [4.69, 9.17) is 9.15 Å². The van der Waals surface area contributed by atoms with Crippen molar-refractivity contribution in [2.24, 2.45) is 0 Å². The minimum absolute atomic E-state index is 0.190. The van der Waals surface area contributed by atoms with Crippen LogP contribution in [0.4, 0.5) is 0 Å². The molecular weight excluding hydrogens is 410 g/mol. The average molecular weight is 429 g/mol. The van der Waals surface area contributed by atoms with Crippen molar-refractivity contribution < 1.29 is 18.7 Å². The van der Waals surface area contributed by atoms with Gasteiger partial charge in [-0.15, -0.1) is 5.10 Å². The van der Waals surface area contributed by atoms with E-state index in [-0.39, 0.29) is 12.2 Å². The summed E-state index contributed by atoms with van der Waals surface area (Å²) in [5, 5.41) is 14.7. The van der Waals surface area contributed by atoms with Crippen molar-refractivity contribution in [3.63, 3.8) is 0 Å². The number of esters is 1. The normalized spacial score (nSPS) is 11.2. The number of nitrogens with zero attached hydrogens (tertiary/aromatic N) is 4. The first-order chi connectivity index (χ1) is 15.7. The van der Waals surface area contributed by atoms with Crippen LogP contribution >= 0.6 is 0 Å². The van der Waals surface area contributed by atoms with Crippen LogP contribution in [-0.2, 0) is 16.1 Å². The molecule has 0 saturated heterocycles. The summed E-state index contributed by atoms with van der Waals surface area (Å²) in [5.41, 5.74) is 2.19. The number of ether oxygens (including phenoxy) is 1. The third kappa shape index (κ3) is 4.62.